The maximum atomic E-state index is 6.00. The number of fused-ring (bicyclic) bond motifs is 1. The van der Waals surface area contributed by atoms with E-state index in [0.717, 1.165) is 24.4 Å². The van der Waals surface area contributed by atoms with Gasteiger partial charge in [-0.1, -0.05) is 54.6 Å². The molecule has 0 aliphatic carbocycles. The fourth-order valence-electron chi connectivity index (χ4n) is 3.15. The summed E-state index contributed by atoms with van der Waals surface area (Å²) in [4.78, 5) is 0. The van der Waals surface area contributed by atoms with E-state index < -0.39 is 6.64 Å². The molecule has 0 bridgehead atoms. The van der Waals surface area contributed by atoms with Gasteiger partial charge in [-0.2, -0.15) is 0 Å². The van der Waals surface area contributed by atoms with Crippen LogP contribution < -0.4 is 0 Å². The maximum absolute atomic E-state index is 6.00. The molecule has 27 heavy (non-hydrogen) atoms. The predicted octanol–water partition coefficient (Wildman–Crippen LogP) is 6.07. The lowest BCUT2D eigenvalue weighted by atomic mass is 9.99. The molecule has 0 amide bonds. The molecule has 0 atom stereocenters. The Bertz CT molecular complexity index is 816. The molecule has 1 heterocycles. The highest BCUT2D eigenvalue weighted by molar-refractivity contribution is 8.09. The smallest absolute Gasteiger partial charge is 0.290 e. The maximum Gasteiger partial charge on any atom is 0.290 e. The molecule has 0 radical (unpaired) electrons. The Balaban J connectivity index is 1.92. The van der Waals surface area contributed by atoms with Crippen LogP contribution >= 0.6 is 18.4 Å². The van der Waals surface area contributed by atoms with Gasteiger partial charge in [-0.3, -0.25) is 0 Å². The lowest BCUT2D eigenvalue weighted by Crippen LogP contribution is -2.28. The molecular weight excluding hydrogens is 393 g/mol. The molecular formula is C21H26NO2PS2. The van der Waals surface area contributed by atoms with E-state index in [1.54, 1.807) is 11.8 Å². The molecule has 3 rings (SSSR count). The van der Waals surface area contributed by atoms with Crippen LogP contribution in [0.25, 0.3) is 5.70 Å². The standard InChI is InChI=1S/C21H26NO2PS2/c1-3-23-25(26,24-4-2)22-15-14-19-12-8-9-13-20(19)21(22)17-27-16-18-10-6-5-7-11-18/h5-13,17H,3-4,14-16H2,1-2H3/b21-17-. The molecule has 0 saturated carbocycles. The normalized spacial score (nSPS) is 15.8. The molecule has 2 aromatic carbocycles. The molecule has 3 nitrogen and oxygen atoms in total. The summed E-state index contributed by atoms with van der Waals surface area (Å²) in [5.41, 5.74) is 5.03. The van der Waals surface area contributed by atoms with Crippen LogP contribution in [0.3, 0.4) is 0 Å². The lowest BCUT2D eigenvalue weighted by Gasteiger charge is -2.39. The van der Waals surface area contributed by atoms with Gasteiger partial charge in [0.2, 0.25) is 0 Å². The first-order chi connectivity index (χ1) is 13.2. The van der Waals surface area contributed by atoms with Crippen molar-refractivity contribution in [3.05, 3.63) is 76.7 Å². The fraction of sp³-hybridized carbons (Fsp3) is 0.333. The number of rotatable bonds is 8. The number of hydrogen-bond acceptors (Lipinski definition) is 4. The van der Waals surface area contributed by atoms with Crippen LogP contribution in [0.2, 0.25) is 0 Å². The van der Waals surface area contributed by atoms with Crippen LogP contribution in [0, 0.1) is 0 Å². The molecule has 2 aromatic rings. The minimum Gasteiger partial charge on any atom is -0.314 e. The third kappa shape index (κ3) is 5.04. The van der Waals surface area contributed by atoms with E-state index in [2.05, 4.69) is 58.6 Å². The highest BCUT2D eigenvalue weighted by Gasteiger charge is 2.33. The van der Waals surface area contributed by atoms with Gasteiger partial charge in [0.05, 0.1) is 18.9 Å². The van der Waals surface area contributed by atoms with Crippen molar-refractivity contribution in [2.75, 3.05) is 19.8 Å². The first kappa shape index (κ1) is 20.6. The van der Waals surface area contributed by atoms with Crippen molar-refractivity contribution in [3.63, 3.8) is 0 Å². The van der Waals surface area contributed by atoms with E-state index >= 15 is 0 Å². The molecule has 0 unspecified atom stereocenters. The van der Waals surface area contributed by atoms with E-state index in [-0.39, 0.29) is 0 Å². The summed E-state index contributed by atoms with van der Waals surface area (Å²) >= 11 is 7.70. The average Bonchev–Trinajstić information content (AvgIpc) is 2.69. The summed E-state index contributed by atoms with van der Waals surface area (Å²) in [6, 6.07) is 19.1. The van der Waals surface area contributed by atoms with E-state index in [1.165, 1.54) is 16.7 Å². The number of hydrogen-bond donors (Lipinski definition) is 0. The minimum atomic E-state index is -2.53. The van der Waals surface area contributed by atoms with Gasteiger partial charge in [-0.05, 0) is 48.6 Å². The Morgan fingerprint density at radius 2 is 1.70 bits per heavy atom. The lowest BCUT2D eigenvalue weighted by molar-refractivity contribution is 0.234. The van der Waals surface area contributed by atoms with Crippen molar-refractivity contribution >= 4 is 35.9 Å². The Morgan fingerprint density at radius 3 is 2.41 bits per heavy atom. The van der Waals surface area contributed by atoms with Crippen molar-refractivity contribution in [3.8, 4) is 0 Å². The van der Waals surface area contributed by atoms with E-state index in [4.69, 9.17) is 20.9 Å². The van der Waals surface area contributed by atoms with E-state index in [1.807, 2.05) is 19.9 Å². The van der Waals surface area contributed by atoms with Gasteiger partial charge in [0, 0.05) is 17.9 Å². The molecule has 0 fully saturated rings. The summed E-state index contributed by atoms with van der Waals surface area (Å²) in [5, 5.41) is 2.23. The van der Waals surface area contributed by atoms with Gasteiger partial charge < -0.3 is 13.7 Å². The fourth-order valence-corrected chi connectivity index (χ4v) is 7.03. The van der Waals surface area contributed by atoms with Gasteiger partial charge >= 0.3 is 0 Å². The largest absolute Gasteiger partial charge is 0.314 e. The number of thioether (sulfide) groups is 1. The molecule has 144 valence electrons. The zero-order chi connectivity index (χ0) is 19.1. The monoisotopic (exact) mass is 419 g/mol. The van der Waals surface area contributed by atoms with Crippen molar-refractivity contribution in [2.24, 2.45) is 0 Å². The van der Waals surface area contributed by atoms with Gasteiger partial charge in [0.15, 0.2) is 0 Å². The van der Waals surface area contributed by atoms with Crippen LogP contribution in [0.15, 0.2) is 60.0 Å². The minimum absolute atomic E-state index is 0.555. The quantitative estimate of drug-likeness (QED) is 0.483. The van der Waals surface area contributed by atoms with E-state index in [9.17, 15) is 0 Å². The summed E-state index contributed by atoms with van der Waals surface area (Å²) in [7, 11) is 0. The molecule has 0 N–H and O–H groups in total. The highest BCUT2D eigenvalue weighted by Crippen LogP contribution is 2.57. The third-order valence-corrected chi connectivity index (χ3v) is 8.62. The Kier molecular flexibility index (Phi) is 7.57. The van der Waals surface area contributed by atoms with Gasteiger partial charge in [0.1, 0.15) is 0 Å². The summed E-state index contributed by atoms with van der Waals surface area (Å²) in [5.74, 6) is 0.923. The second-order valence-electron chi connectivity index (χ2n) is 6.13. The average molecular weight is 420 g/mol. The summed E-state index contributed by atoms with van der Waals surface area (Å²) in [6.45, 7) is 3.36. The van der Waals surface area contributed by atoms with Crippen molar-refractivity contribution in [1.29, 1.82) is 0 Å². The van der Waals surface area contributed by atoms with Crippen LogP contribution in [-0.2, 0) is 33.0 Å². The first-order valence-electron chi connectivity index (χ1n) is 9.29. The molecule has 0 saturated heterocycles. The van der Waals surface area contributed by atoms with Gasteiger partial charge in [-0.15, -0.1) is 11.8 Å². The van der Waals surface area contributed by atoms with Crippen LogP contribution in [0.4, 0.5) is 0 Å². The van der Waals surface area contributed by atoms with Crippen LogP contribution in [0.1, 0.15) is 30.5 Å². The predicted molar refractivity (Wildman–Crippen MR) is 120 cm³/mol. The molecule has 1 aliphatic heterocycles. The van der Waals surface area contributed by atoms with Crippen LogP contribution in [0.5, 0.6) is 0 Å². The SMILES string of the molecule is CCOP(=S)(OCC)N1CCc2ccccc2/C1=C/SCc1ccccc1. The Morgan fingerprint density at radius 1 is 1.04 bits per heavy atom. The number of benzene rings is 2. The molecule has 6 heteroatoms. The zero-order valence-corrected chi connectivity index (χ0v) is 18.4. The Hall–Kier alpha value is -1.10. The van der Waals surface area contributed by atoms with Crippen molar-refractivity contribution < 1.29 is 9.05 Å². The third-order valence-electron chi connectivity index (χ3n) is 4.33. The zero-order valence-electron chi connectivity index (χ0n) is 15.8. The van der Waals surface area contributed by atoms with Gasteiger partial charge in [-0.25, -0.2) is 0 Å². The second-order valence-corrected chi connectivity index (χ2v) is 10.3. The second kappa shape index (κ2) is 9.90. The number of nitrogens with zero attached hydrogens (tertiary/aromatic N) is 1. The molecule has 1 aliphatic rings. The highest BCUT2D eigenvalue weighted by atomic mass is 32.5. The first-order valence-corrected chi connectivity index (χ1v) is 12.9. The molecule has 0 spiro atoms. The van der Waals surface area contributed by atoms with E-state index in [0.29, 0.717) is 13.2 Å². The van der Waals surface area contributed by atoms with Crippen molar-refractivity contribution in [2.45, 2.75) is 26.0 Å². The summed E-state index contributed by atoms with van der Waals surface area (Å²) < 4.78 is 14.2. The van der Waals surface area contributed by atoms with Crippen molar-refractivity contribution in [1.82, 2.24) is 4.67 Å². The summed E-state index contributed by atoms with van der Waals surface area (Å²) in [6.07, 6.45) is 0.954. The van der Waals surface area contributed by atoms with Crippen LogP contribution in [-0.4, -0.2) is 24.4 Å². The topological polar surface area (TPSA) is 21.7 Å². The molecule has 0 aromatic heterocycles. The van der Waals surface area contributed by atoms with Gasteiger partial charge in [0.25, 0.3) is 6.64 Å². The Labute approximate surface area is 172 Å².